The Balaban J connectivity index is 2.53. The summed E-state index contributed by atoms with van der Waals surface area (Å²) >= 11 is 1.60. The van der Waals surface area contributed by atoms with Crippen LogP contribution >= 0.6 is 11.8 Å². The summed E-state index contributed by atoms with van der Waals surface area (Å²) in [7, 11) is 0. The fraction of sp³-hybridized carbons (Fsp3) is 0.273. The molecular weight excluding hydrogens is 240 g/mol. The van der Waals surface area contributed by atoms with Crippen LogP contribution in [0.2, 0.25) is 0 Å². The lowest BCUT2D eigenvalue weighted by molar-refractivity contribution is -0.138. The Morgan fingerprint density at radius 2 is 1.88 bits per heavy atom. The Kier molecular flexibility index (Phi) is 4.84. The monoisotopic (exact) mass is 254 g/mol. The highest BCUT2D eigenvalue weighted by Gasteiger charge is 2.13. The number of urea groups is 1. The minimum absolute atomic E-state index is 0.531. The van der Waals surface area contributed by atoms with Crippen LogP contribution in [0.25, 0.3) is 0 Å². The molecule has 0 aliphatic heterocycles. The van der Waals surface area contributed by atoms with Gasteiger partial charge in [0.05, 0.1) is 0 Å². The quantitative estimate of drug-likeness (QED) is 0.718. The van der Waals surface area contributed by atoms with Crippen LogP contribution in [-0.4, -0.2) is 29.4 Å². The van der Waals surface area contributed by atoms with E-state index in [-0.39, 0.29) is 0 Å². The standard InChI is InChI=1S/C11H14N2O3S/c1-7(10(14)15)12-11(16)13-8-3-5-9(17-2)6-4-8/h3-7H,1-2H3,(H,14,15)(H2,12,13,16). The van der Waals surface area contributed by atoms with E-state index in [1.165, 1.54) is 6.92 Å². The number of hydrogen-bond acceptors (Lipinski definition) is 3. The van der Waals surface area contributed by atoms with Gasteiger partial charge in [-0.15, -0.1) is 11.8 Å². The molecule has 5 nitrogen and oxygen atoms in total. The zero-order chi connectivity index (χ0) is 12.8. The summed E-state index contributed by atoms with van der Waals surface area (Å²) in [6.45, 7) is 1.40. The first-order valence-corrected chi connectivity index (χ1v) is 6.20. The summed E-state index contributed by atoms with van der Waals surface area (Å²) in [6, 6.07) is 5.83. The first kappa shape index (κ1) is 13.4. The van der Waals surface area contributed by atoms with E-state index in [9.17, 15) is 9.59 Å². The number of aliphatic carboxylic acids is 1. The normalized spacial score (nSPS) is 11.6. The third-order valence-electron chi connectivity index (χ3n) is 2.07. The molecule has 0 aromatic heterocycles. The molecule has 92 valence electrons. The van der Waals surface area contributed by atoms with Crippen LogP contribution < -0.4 is 10.6 Å². The van der Waals surface area contributed by atoms with E-state index in [1.807, 2.05) is 18.4 Å². The van der Waals surface area contributed by atoms with Gasteiger partial charge in [0, 0.05) is 10.6 Å². The molecule has 6 heteroatoms. The molecule has 0 saturated heterocycles. The highest BCUT2D eigenvalue weighted by molar-refractivity contribution is 7.98. The van der Waals surface area contributed by atoms with Crippen molar-refractivity contribution in [2.45, 2.75) is 17.9 Å². The van der Waals surface area contributed by atoms with Gasteiger partial charge in [0.1, 0.15) is 6.04 Å². The van der Waals surface area contributed by atoms with Gasteiger partial charge in [-0.05, 0) is 37.4 Å². The fourth-order valence-corrected chi connectivity index (χ4v) is 1.51. The topological polar surface area (TPSA) is 78.4 Å². The maximum Gasteiger partial charge on any atom is 0.325 e. The lowest BCUT2D eigenvalue weighted by Crippen LogP contribution is -2.40. The number of hydrogen-bond donors (Lipinski definition) is 3. The smallest absolute Gasteiger partial charge is 0.325 e. The van der Waals surface area contributed by atoms with Gasteiger partial charge in [-0.25, -0.2) is 4.79 Å². The second-order valence-electron chi connectivity index (χ2n) is 3.39. The van der Waals surface area contributed by atoms with Crippen LogP contribution in [0, 0.1) is 0 Å². The van der Waals surface area contributed by atoms with Crippen molar-refractivity contribution in [3.63, 3.8) is 0 Å². The minimum Gasteiger partial charge on any atom is -0.480 e. The number of nitrogens with one attached hydrogen (secondary N) is 2. The maximum absolute atomic E-state index is 11.4. The van der Waals surface area contributed by atoms with Gasteiger partial charge in [0.15, 0.2) is 0 Å². The molecular formula is C11H14N2O3S. The van der Waals surface area contributed by atoms with Gasteiger partial charge in [-0.1, -0.05) is 0 Å². The van der Waals surface area contributed by atoms with Gasteiger partial charge < -0.3 is 15.7 Å². The Hall–Kier alpha value is -1.69. The molecule has 1 aromatic carbocycles. The van der Waals surface area contributed by atoms with E-state index in [4.69, 9.17) is 5.11 Å². The lowest BCUT2D eigenvalue weighted by Gasteiger charge is -2.10. The molecule has 0 heterocycles. The van der Waals surface area contributed by atoms with Gasteiger partial charge in [0.2, 0.25) is 0 Å². The van der Waals surface area contributed by atoms with Crippen molar-refractivity contribution in [3.8, 4) is 0 Å². The third kappa shape index (κ3) is 4.36. The number of amides is 2. The SMILES string of the molecule is CSc1ccc(NC(=O)NC(C)C(=O)O)cc1. The van der Waals surface area contributed by atoms with Crippen LogP contribution in [0.15, 0.2) is 29.2 Å². The molecule has 2 amide bonds. The molecule has 3 N–H and O–H groups in total. The first-order valence-electron chi connectivity index (χ1n) is 4.97. The summed E-state index contributed by atoms with van der Waals surface area (Å²) in [5, 5.41) is 13.5. The fourth-order valence-electron chi connectivity index (χ4n) is 1.10. The van der Waals surface area contributed by atoms with Gasteiger partial charge in [0.25, 0.3) is 0 Å². The van der Waals surface area contributed by atoms with Crippen LogP contribution in [0.3, 0.4) is 0 Å². The molecule has 1 rings (SSSR count). The highest BCUT2D eigenvalue weighted by atomic mass is 32.2. The second kappa shape index (κ2) is 6.15. The van der Waals surface area contributed by atoms with Crippen LogP contribution in [-0.2, 0) is 4.79 Å². The Labute approximate surface area is 104 Å². The van der Waals surface area contributed by atoms with Gasteiger partial charge in [-0.2, -0.15) is 0 Å². The van der Waals surface area contributed by atoms with Crippen LogP contribution in [0.4, 0.5) is 10.5 Å². The van der Waals surface area contributed by atoms with Crippen LogP contribution in [0.1, 0.15) is 6.92 Å². The molecule has 0 fully saturated rings. The zero-order valence-electron chi connectivity index (χ0n) is 9.56. The molecule has 17 heavy (non-hydrogen) atoms. The number of carbonyl (C=O) groups is 2. The number of thioether (sulfide) groups is 1. The number of carboxylic acid groups (broad SMARTS) is 1. The Morgan fingerprint density at radius 1 is 1.29 bits per heavy atom. The summed E-state index contributed by atoms with van der Waals surface area (Å²) in [5.41, 5.74) is 0.623. The number of carbonyl (C=O) groups excluding carboxylic acids is 1. The van der Waals surface area contributed by atoms with E-state index in [2.05, 4.69) is 10.6 Å². The average molecular weight is 254 g/mol. The molecule has 0 aliphatic carbocycles. The second-order valence-corrected chi connectivity index (χ2v) is 4.27. The van der Waals surface area contributed by atoms with Crippen molar-refractivity contribution in [1.29, 1.82) is 0 Å². The Bertz CT molecular complexity index is 406. The number of anilines is 1. The van der Waals surface area contributed by atoms with E-state index in [0.717, 1.165) is 4.90 Å². The van der Waals surface area contributed by atoms with E-state index in [1.54, 1.807) is 23.9 Å². The average Bonchev–Trinajstić information content (AvgIpc) is 2.29. The Morgan fingerprint density at radius 3 is 2.35 bits per heavy atom. The molecule has 0 bridgehead atoms. The molecule has 1 aromatic rings. The lowest BCUT2D eigenvalue weighted by atomic mass is 10.3. The van der Waals surface area contributed by atoms with Crippen molar-refractivity contribution in [3.05, 3.63) is 24.3 Å². The third-order valence-corrected chi connectivity index (χ3v) is 2.81. The van der Waals surface area contributed by atoms with Crippen molar-refractivity contribution in [2.24, 2.45) is 0 Å². The molecule has 0 aliphatic rings. The van der Waals surface area contributed by atoms with E-state index in [0.29, 0.717) is 5.69 Å². The number of benzene rings is 1. The maximum atomic E-state index is 11.4. The zero-order valence-corrected chi connectivity index (χ0v) is 10.4. The number of carboxylic acids is 1. The number of rotatable bonds is 4. The van der Waals surface area contributed by atoms with E-state index >= 15 is 0 Å². The summed E-state index contributed by atoms with van der Waals surface area (Å²) < 4.78 is 0. The molecule has 1 unspecified atom stereocenters. The molecule has 1 atom stereocenters. The predicted octanol–water partition coefficient (Wildman–Crippen LogP) is 2.00. The van der Waals surface area contributed by atoms with Gasteiger partial charge >= 0.3 is 12.0 Å². The predicted molar refractivity (Wildman–Crippen MR) is 67.5 cm³/mol. The minimum atomic E-state index is -1.07. The summed E-state index contributed by atoms with van der Waals surface area (Å²) in [6.07, 6.45) is 1.96. The van der Waals surface area contributed by atoms with E-state index < -0.39 is 18.0 Å². The molecule has 0 radical (unpaired) electrons. The summed E-state index contributed by atoms with van der Waals surface area (Å²) in [5.74, 6) is -1.07. The van der Waals surface area contributed by atoms with Gasteiger partial charge in [-0.3, -0.25) is 4.79 Å². The van der Waals surface area contributed by atoms with Crippen molar-refractivity contribution >= 4 is 29.4 Å². The van der Waals surface area contributed by atoms with Crippen molar-refractivity contribution in [2.75, 3.05) is 11.6 Å². The van der Waals surface area contributed by atoms with Crippen molar-refractivity contribution < 1.29 is 14.7 Å². The first-order chi connectivity index (χ1) is 8.02. The molecule has 0 saturated carbocycles. The summed E-state index contributed by atoms with van der Waals surface area (Å²) in [4.78, 5) is 23.0. The van der Waals surface area contributed by atoms with Crippen LogP contribution in [0.5, 0.6) is 0 Å². The highest BCUT2D eigenvalue weighted by Crippen LogP contribution is 2.17. The molecule has 0 spiro atoms. The largest absolute Gasteiger partial charge is 0.480 e. The van der Waals surface area contributed by atoms with Crippen molar-refractivity contribution in [1.82, 2.24) is 5.32 Å².